The van der Waals surface area contributed by atoms with Crippen molar-refractivity contribution in [3.63, 3.8) is 0 Å². The van der Waals surface area contributed by atoms with E-state index in [1.807, 2.05) is 0 Å². The van der Waals surface area contributed by atoms with Gasteiger partial charge in [0.05, 0.1) is 24.5 Å². The first-order valence-corrected chi connectivity index (χ1v) is 8.50. The van der Waals surface area contributed by atoms with E-state index in [1.165, 1.54) is 24.7 Å². The molecule has 1 N–H and O–H groups in total. The van der Waals surface area contributed by atoms with Gasteiger partial charge in [-0.3, -0.25) is 9.59 Å². The molecule has 8 heteroatoms. The van der Waals surface area contributed by atoms with E-state index in [0.717, 1.165) is 13.2 Å². The number of hydrogen-bond acceptors (Lipinski definition) is 5. The minimum atomic E-state index is -0.810. The normalized spacial score (nSPS) is 14.7. The van der Waals surface area contributed by atoms with Gasteiger partial charge in [-0.05, 0) is 37.1 Å². The highest BCUT2D eigenvalue weighted by Crippen LogP contribution is 2.22. The molecule has 2 amide bonds. The predicted molar refractivity (Wildman–Crippen MR) is 93.7 cm³/mol. The summed E-state index contributed by atoms with van der Waals surface area (Å²) < 4.78 is 23.1. The number of ether oxygens (including phenoxy) is 1. The Kier molecular flexibility index (Phi) is 5.54. The number of methoxy groups -OCH3 is 1. The number of anilines is 1. The van der Waals surface area contributed by atoms with Gasteiger partial charge in [0.15, 0.2) is 0 Å². The van der Waals surface area contributed by atoms with Gasteiger partial charge in [0.25, 0.3) is 5.91 Å². The molecule has 0 saturated carbocycles. The second kappa shape index (κ2) is 8.03. The summed E-state index contributed by atoms with van der Waals surface area (Å²) in [7, 11) is 1.16. The molecule has 0 unspecified atom stereocenters. The Labute approximate surface area is 155 Å². The molecule has 142 valence electrons. The fraction of sp³-hybridized carbons (Fsp3) is 0.316. The van der Waals surface area contributed by atoms with Gasteiger partial charge in [-0.15, -0.1) is 0 Å². The molecule has 1 saturated heterocycles. The number of rotatable bonds is 4. The first-order valence-electron chi connectivity index (χ1n) is 8.50. The highest BCUT2D eigenvalue weighted by atomic mass is 19.1. The molecule has 7 nitrogen and oxygen atoms in total. The molecule has 1 aromatic carbocycles. The van der Waals surface area contributed by atoms with Gasteiger partial charge in [-0.25, -0.2) is 9.18 Å². The molecule has 0 spiro atoms. The van der Waals surface area contributed by atoms with Crippen LogP contribution in [0.15, 0.2) is 41.2 Å². The second-order valence-corrected chi connectivity index (χ2v) is 6.25. The summed E-state index contributed by atoms with van der Waals surface area (Å²) in [5.74, 6) is -2.15. The number of halogens is 1. The molecule has 2 heterocycles. The van der Waals surface area contributed by atoms with Crippen molar-refractivity contribution in [3.05, 3.63) is 53.7 Å². The Morgan fingerprint density at radius 2 is 1.96 bits per heavy atom. The molecular formula is C19H19FN2O5. The lowest BCUT2D eigenvalue weighted by Crippen LogP contribution is -2.41. The molecule has 2 aromatic rings. The maximum atomic E-state index is 13.7. The van der Waals surface area contributed by atoms with Crippen molar-refractivity contribution in [2.24, 2.45) is 5.92 Å². The van der Waals surface area contributed by atoms with E-state index >= 15 is 0 Å². The van der Waals surface area contributed by atoms with E-state index in [-0.39, 0.29) is 23.3 Å². The zero-order valence-electron chi connectivity index (χ0n) is 14.7. The van der Waals surface area contributed by atoms with Crippen molar-refractivity contribution in [3.8, 4) is 0 Å². The molecule has 0 aliphatic carbocycles. The summed E-state index contributed by atoms with van der Waals surface area (Å²) in [5.41, 5.74) is 0.564. The zero-order valence-corrected chi connectivity index (χ0v) is 14.7. The van der Waals surface area contributed by atoms with Crippen LogP contribution in [0.1, 0.15) is 33.6 Å². The van der Waals surface area contributed by atoms with Crippen LogP contribution in [-0.2, 0) is 9.53 Å². The van der Waals surface area contributed by atoms with Crippen molar-refractivity contribution in [2.75, 3.05) is 25.5 Å². The van der Waals surface area contributed by atoms with Crippen LogP contribution < -0.4 is 5.32 Å². The number of piperidine rings is 1. The van der Waals surface area contributed by atoms with Gasteiger partial charge in [-0.1, -0.05) is 0 Å². The third kappa shape index (κ3) is 4.16. The summed E-state index contributed by atoms with van der Waals surface area (Å²) in [4.78, 5) is 38.0. The van der Waals surface area contributed by atoms with Gasteiger partial charge < -0.3 is 19.4 Å². The fourth-order valence-corrected chi connectivity index (χ4v) is 3.03. The van der Waals surface area contributed by atoms with Gasteiger partial charge in [0, 0.05) is 24.7 Å². The molecule has 0 atom stereocenters. The molecule has 1 aliphatic heterocycles. The number of furan rings is 1. The number of benzene rings is 1. The van der Waals surface area contributed by atoms with Crippen LogP contribution in [0.3, 0.4) is 0 Å². The first-order chi connectivity index (χ1) is 13.0. The largest absolute Gasteiger partial charge is 0.472 e. The average Bonchev–Trinajstić information content (AvgIpc) is 3.23. The van der Waals surface area contributed by atoms with E-state index in [0.29, 0.717) is 37.2 Å². The van der Waals surface area contributed by atoms with E-state index in [9.17, 15) is 18.8 Å². The third-order valence-corrected chi connectivity index (χ3v) is 4.56. The first kappa shape index (κ1) is 18.6. The van der Waals surface area contributed by atoms with Gasteiger partial charge in [-0.2, -0.15) is 0 Å². The molecule has 3 rings (SSSR count). The standard InChI is InChI=1S/C19H19FN2O5/c1-26-19(25)15-10-14(2-3-16(15)20)21-17(23)12-4-7-22(8-5-12)18(24)13-6-9-27-11-13/h2-3,6,9-12H,4-5,7-8H2,1H3,(H,21,23). The van der Waals surface area contributed by atoms with E-state index < -0.39 is 11.8 Å². The molecule has 1 fully saturated rings. The number of hydrogen-bond donors (Lipinski definition) is 1. The van der Waals surface area contributed by atoms with Crippen molar-refractivity contribution in [1.82, 2.24) is 4.90 Å². The Balaban J connectivity index is 1.58. The Bertz CT molecular complexity index is 842. The molecular weight excluding hydrogens is 355 g/mol. The maximum Gasteiger partial charge on any atom is 0.340 e. The SMILES string of the molecule is COC(=O)c1cc(NC(=O)C2CCN(C(=O)c3ccoc3)CC2)ccc1F. The number of carbonyl (C=O) groups excluding carboxylic acids is 3. The van der Waals surface area contributed by atoms with Crippen LogP contribution in [-0.4, -0.2) is 42.9 Å². The topological polar surface area (TPSA) is 88.9 Å². The van der Waals surface area contributed by atoms with E-state index in [1.54, 1.807) is 11.0 Å². The van der Waals surface area contributed by atoms with Crippen LogP contribution in [0.4, 0.5) is 10.1 Å². The molecule has 0 radical (unpaired) electrons. The van der Waals surface area contributed by atoms with Crippen LogP contribution >= 0.6 is 0 Å². The molecule has 0 bridgehead atoms. The van der Waals surface area contributed by atoms with Crippen LogP contribution in [0.2, 0.25) is 0 Å². The van der Waals surface area contributed by atoms with E-state index in [2.05, 4.69) is 10.1 Å². The zero-order chi connectivity index (χ0) is 19.4. The van der Waals surface area contributed by atoms with Crippen molar-refractivity contribution >= 4 is 23.5 Å². The number of nitrogens with one attached hydrogen (secondary N) is 1. The number of carbonyl (C=O) groups is 3. The van der Waals surface area contributed by atoms with E-state index in [4.69, 9.17) is 4.42 Å². The maximum absolute atomic E-state index is 13.7. The summed E-state index contributed by atoms with van der Waals surface area (Å²) >= 11 is 0. The summed E-state index contributed by atoms with van der Waals surface area (Å²) in [6.07, 6.45) is 3.87. The average molecular weight is 374 g/mol. The van der Waals surface area contributed by atoms with Gasteiger partial charge in [0.2, 0.25) is 5.91 Å². The Morgan fingerprint density at radius 3 is 2.59 bits per heavy atom. The Morgan fingerprint density at radius 1 is 1.22 bits per heavy atom. The predicted octanol–water partition coefficient (Wildman–Crippen LogP) is 2.70. The lowest BCUT2D eigenvalue weighted by atomic mass is 9.95. The Hall–Kier alpha value is -3.16. The minimum absolute atomic E-state index is 0.121. The van der Waals surface area contributed by atoms with Crippen molar-refractivity contribution < 1.29 is 27.9 Å². The number of likely N-dealkylation sites (tertiary alicyclic amines) is 1. The fourth-order valence-electron chi connectivity index (χ4n) is 3.03. The summed E-state index contributed by atoms with van der Waals surface area (Å²) in [5, 5.41) is 2.70. The highest BCUT2D eigenvalue weighted by molar-refractivity contribution is 5.96. The minimum Gasteiger partial charge on any atom is -0.472 e. The molecule has 27 heavy (non-hydrogen) atoms. The summed E-state index contributed by atoms with van der Waals surface area (Å²) in [6, 6.07) is 5.34. The molecule has 1 aliphatic rings. The van der Waals surface area contributed by atoms with Crippen LogP contribution in [0.25, 0.3) is 0 Å². The molecule has 1 aromatic heterocycles. The van der Waals surface area contributed by atoms with Crippen LogP contribution in [0.5, 0.6) is 0 Å². The summed E-state index contributed by atoms with van der Waals surface area (Å²) in [6.45, 7) is 0.915. The number of nitrogens with zero attached hydrogens (tertiary/aromatic N) is 1. The quantitative estimate of drug-likeness (QED) is 0.831. The number of amides is 2. The monoisotopic (exact) mass is 374 g/mol. The van der Waals surface area contributed by atoms with Crippen molar-refractivity contribution in [2.45, 2.75) is 12.8 Å². The third-order valence-electron chi connectivity index (χ3n) is 4.56. The highest BCUT2D eigenvalue weighted by Gasteiger charge is 2.28. The van der Waals surface area contributed by atoms with Gasteiger partial charge in [0.1, 0.15) is 12.1 Å². The lowest BCUT2D eigenvalue weighted by molar-refractivity contribution is -0.121. The van der Waals surface area contributed by atoms with Crippen molar-refractivity contribution in [1.29, 1.82) is 0 Å². The second-order valence-electron chi connectivity index (χ2n) is 6.25. The smallest absolute Gasteiger partial charge is 0.340 e. The number of esters is 1. The lowest BCUT2D eigenvalue weighted by Gasteiger charge is -2.31. The van der Waals surface area contributed by atoms with Gasteiger partial charge >= 0.3 is 5.97 Å². The van der Waals surface area contributed by atoms with Crippen LogP contribution in [0, 0.1) is 11.7 Å².